The van der Waals surface area contributed by atoms with E-state index in [2.05, 4.69) is 22.1 Å². The highest BCUT2D eigenvalue weighted by atomic mass is 32.2. The van der Waals surface area contributed by atoms with E-state index in [4.69, 9.17) is 9.47 Å². The first-order valence-corrected chi connectivity index (χ1v) is 12.2. The number of aromatic nitrogens is 3. The van der Waals surface area contributed by atoms with Crippen LogP contribution in [0.2, 0.25) is 0 Å². The number of methoxy groups -OCH3 is 1. The fraction of sp³-hybridized carbons (Fsp3) is 0.304. The molecule has 174 valence electrons. The summed E-state index contributed by atoms with van der Waals surface area (Å²) < 4.78 is 12.3. The number of hydrogen-bond donors (Lipinski definition) is 1. The maximum absolute atomic E-state index is 12.7. The number of thioether (sulfide) groups is 1. The normalized spacial score (nSPS) is 10.6. The summed E-state index contributed by atoms with van der Waals surface area (Å²) in [6.07, 6.45) is 2.51. The fourth-order valence-corrected chi connectivity index (χ4v) is 4.78. The minimum atomic E-state index is -0.440. The summed E-state index contributed by atoms with van der Waals surface area (Å²) in [5.74, 6) is 0.798. The first-order chi connectivity index (χ1) is 16.0. The molecule has 2 heterocycles. The van der Waals surface area contributed by atoms with E-state index in [-0.39, 0.29) is 18.3 Å². The molecule has 0 aliphatic rings. The van der Waals surface area contributed by atoms with Gasteiger partial charge in [-0.15, -0.1) is 28.1 Å². The van der Waals surface area contributed by atoms with E-state index < -0.39 is 5.97 Å². The van der Waals surface area contributed by atoms with Crippen molar-refractivity contribution in [1.29, 1.82) is 0 Å². The van der Waals surface area contributed by atoms with Crippen molar-refractivity contribution in [2.45, 2.75) is 32.0 Å². The molecule has 2 aromatic heterocycles. The van der Waals surface area contributed by atoms with Crippen LogP contribution in [0, 0.1) is 0 Å². The number of thiophene rings is 1. The molecule has 33 heavy (non-hydrogen) atoms. The highest BCUT2D eigenvalue weighted by Gasteiger charge is 2.20. The molecule has 1 aromatic carbocycles. The molecule has 3 aromatic rings. The Hall–Kier alpha value is -3.11. The number of benzene rings is 1. The molecule has 0 fully saturated rings. The predicted octanol–water partition coefficient (Wildman–Crippen LogP) is 4.67. The van der Waals surface area contributed by atoms with Crippen molar-refractivity contribution in [3.05, 3.63) is 53.4 Å². The van der Waals surface area contributed by atoms with Crippen molar-refractivity contribution in [3.8, 4) is 17.1 Å². The van der Waals surface area contributed by atoms with E-state index in [0.29, 0.717) is 33.8 Å². The summed E-state index contributed by atoms with van der Waals surface area (Å²) in [4.78, 5) is 25.9. The standard InChI is InChI=1S/C23H26N4O4S2/c1-5-11-27-20(15-9-8-10-16(12-15)30-4)25-26-23(27)32-14-19(28)24-21-18(22(29)31-7-3)13-17(6-2)33-21/h5,8-10,12-13H,1,6-7,11,14H2,2-4H3,(H,24,28). The number of esters is 1. The summed E-state index contributed by atoms with van der Waals surface area (Å²) in [7, 11) is 1.61. The van der Waals surface area contributed by atoms with E-state index in [1.807, 2.05) is 35.8 Å². The number of carbonyl (C=O) groups is 2. The van der Waals surface area contributed by atoms with Crippen LogP contribution in [-0.4, -0.2) is 46.1 Å². The number of allylic oxidation sites excluding steroid dienone is 1. The molecular formula is C23H26N4O4S2. The third kappa shape index (κ3) is 6.02. The zero-order chi connectivity index (χ0) is 23.8. The Balaban J connectivity index is 1.74. The van der Waals surface area contributed by atoms with Gasteiger partial charge in [0.2, 0.25) is 5.91 Å². The number of nitrogens with one attached hydrogen (secondary N) is 1. The topological polar surface area (TPSA) is 95.3 Å². The van der Waals surface area contributed by atoms with Crippen LogP contribution in [0.5, 0.6) is 5.75 Å². The van der Waals surface area contributed by atoms with Gasteiger partial charge in [-0.1, -0.05) is 36.9 Å². The van der Waals surface area contributed by atoms with Gasteiger partial charge < -0.3 is 14.8 Å². The third-order valence-corrected chi connectivity index (χ3v) is 6.73. The third-order valence-electron chi connectivity index (χ3n) is 4.57. The maximum atomic E-state index is 12.7. The lowest BCUT2D eigenvalue weighted by Crippen LogP contribution is -2.16. The average Bonchev–Trinajstić information content (AvgIpc) is 3.42. The molecule has 3 rings (SSSR count). The lowest BCUT2D eigenvalue weighted by Gasteiger charge is -2.09. The van der Waals surface area contributed by atoms with Gasteiger partial charge in [-0.3, -0.25) is 9.36 Å². The number of hydrogen-bond acceptors (Lipinski definition) is 8. The minimum absolute atomic E-state index is 0.106. The predicted molar refractivity (Wildman–Crippen MR) is 131 cm³/mol. The van der Waals surface area contributed by atoms with E-state index in [0.717, 1.165) is 16.9 Å². The Bertz CT molecular complexity index is 1140. The van der Waals surface area contributed by atoms with E-state index in [1.165, 1.54) is 23.1 Å². The number of rotatable bonds is 11. The summed E-state index contributed by atoms with van der Waals surface area (Å²) in [6.45, 7) is 8.32. The maximum Gasteiger partial charge on any atom is 0.341 e. The van der Waals surface area contributed by atoms with Gasteiger partial charge in [0.1, 0.15) is 10.8 Å². The summed E-state index contributed by atoms with van der Waals surface area (Å²) in [5, 5.41) is 12.5. The van der Waals surface area contributed by atoms with Gasteiger partial charge in [-0.05, 0) is 31.5 Å². The van der Waals surface area contributed by atoms with Crippen molar-refractivity contribution in [2.75, 3.05) is 24.8 Å². The zero-order valence-corrected chi connectivity index (χ0v) is 20.4. The highest BCUT2D eigenvalue weighted by molar-refractivity contribution is 7.99. The molecule has 0 saturated carbocycles. The molecule has 0 atom stereocenters. The largest absolute Gasteiger partial charge is 0.497 e. The molecule has 8 nitrogen and oxygen atoms in total. The van der Waals surface area contributed by atoms with Crippen molar-refractivity contribution in [1.82, 2.24) is 14.8 Å². The number of aryl methyl sites for hydroxylation is 1. The second-order valence-corrected chi connectivity index (χ2v) is 8.88. The quantitative estimate of drug-likeness (QED) is 0.239. The van der Waals surface area contributed by atoms with Gasteiger partial charge in [0.15, 0.2) is 11.0 Å². The summed E-state index contributed by atoms with van der Waals surface area (Å²) in [6, 6.07) is 9.31. The smallest absolute Gasteiger partial charge is 0.341 e. The lowest BCUT2D eigenvalue weighted by atomic mass is 10.2. The van der Waals surface area contributed by atoms with E-state index in [1.54, 1.807) is 26.2 Å². The molecule has 10 heteroatoms. The van der Waals surface area contributed by atoms with Crippen molar-refractivity contribution in [3.63, 3.8) is 0 Å². The Labute approximate surface area is 201 Å². The first kappa shape index (κ1) is 24.5. The van der Waals surface area contributed by atoms with Crippen LogP contribution >= 0.6 is 23.1 Å². The Morgan fingerprint density at radius 2 is 2.09 bits per heavy atom. The first-order valence-electron chi connectivity index (χ1n) is 10.4. The molecule has 1 amide bonds. The summed E-state index contributed by atoms with van der Waals surface area (Å²) in [5.41, 5.74) is 1.23. The SMILES string of the molecule is C=CCn1c(SCC(=O)Nc2sc(CC)cc2C(=O)OCC)nnc1-c1cccc(OC)c1. The van der Waals surface area contributed by atoms with Crippen molar-refractivity contribution in [2.24, 2.45) is 0 Å². The van der Waals surface area contributed by atoms with Crippen molar-refractivity contribution < 1.29 is 19.1 Å². The second-order valence-electron chi connectivity index (χ2n) is 6.80. The van der Waals surface area contributed by atoms with E-state index in [9.17, 15) is 9.59 Å². The molecule has 0 aliphatic carbocycles. The molecular weight excluding hydrogens is 460 g/mol. The molecule has 0 bridgehead atoms. The van der Waals surface area contributed by atoms with Gasteiger partial charge >= 0.3 is 5.97 Å². The molecule has 0 spiro atoms. The van der Waals surface area contributed by atoms with Gasteiger partial charge in [0, 0.05) is 17.0 Å². The number of anilines is 1. The number of ether oxygens (including phenoxy) is 2. The van der Waals surface area contributed by atoms with Crippen LogP contribution in [0.25, 0.3) is 11.4 Å². The Kier molecular flexibility index (Phi) is 8.67. The van der Waals surface area contributed by atoms with Gasteiger partial charge in [-0.25, -0.2) is 4.79 Å². The number of amides is 1. The molecule has 1 N–H and O–H groups in total. The van der Waals surface area contributed by atoms with Crippen molar-refractivity contribution >= 4 is 40.0 Å². The highest BCUT2D eigenvalue weighted by Crippen LogP contribution is 2.30. The number of nitrogens with zero attached hydrogens (tertiary/aromatic N) is 3. The molecule has 0 radical (unpaired) electrons. The minimum Gasteiger partial charge on any atom is -0.497 e. The molecule has 0 saturated heterocycles. The van der Waals surface area contributed by atoms with Crippen LogP contribution in [0.1, 0.15) is 29.1 Å². The molecule has 0 aliphatic heterocycles. The Morgan fingerprint density at radius 3 is 2.79 bits per heavy atom. The fourth-order valence-electron chi connectivity index (χ4n) is 3.03. The van der Waals surface area contributed by atoms with Crippen LogP contribution in [-0.2, 0) is 22.5 Å². The van der Waals surface area contributed by atoms with Gasteiger partial charge in [0.25, 0.3) is 0 Å². The Morgan fingerprint density at radius 1 is 1.27 bits per heavy atom. The molecule has 0 unspecified atom stereocenters. The lowest BCUT2D eigenvalue weighted by molar-refractivity contribution is -0.113. The van der Waals surface area contributed by atoms with Gasteiger partial charge in [0.05, 0.1) is 25.0 Å². The van der Waals surface area contributed by atoms with E-state index >= 15 is 0 Å². The van der Waals surface area contributed by atoms with Gasteiger partial charge in [-0.2, -0.15) is 0 Å². The summed E-state index contributed by atoms with van der Waals surface area (Å²) >= 11 is 2.64. The van der Waals surface area contributed by atoms with Crippen LogP contribution in [0.3, 0.4) is 0 Å². The monoisotopic (exact) mass is 486 g/mol. The van der Waals surface area contributed by atoms with Crippen LogP contribution in [0.4, 0.5) is 5.00 Å². The zero-order valence-electron chi connectivity index (χ0n) is 18.8. The second kappa shape index (κ2) is 11.7. The number of carbonyl (C=O) groups excluding carboxylic acids is 2. The van der Waals surface area contributed by atoms with Crippen LogP contribution in [0.15, 0.2) is 48.1 Å². The van der Waals surface area contributed by atoms with Crippen LogP contribution < -0.4 is 10.1 Å². The average molecular weight is 487 g/mol.